The van der Waals surface area contributed by atoms with Crippen molar-refractivity contribution >= 4 is 17.7 Å². The first-order valence-corrected chi connectivity index (χ1v) is 10.6. The molecule has 0 saturated carbocycles. The molecule has 2 atom stereocenters. The topological polar surface area (TPSA) is 69.7 Å². The highest BCUT2D eigenvalue weighted by Crippen LogP contribution is 2.28. The zero-order chi connectivity index (χ0) is 21.2. The van der Waals surface area contributed by atoms with E-state index in [-0.39, 0.29) is 41.1 Å². The van der Waals surface area contributed by atoms with Crippen LogP contribution in [0.4, 0.5) is 0 Å². The third kappa shape index (κ3) is 4.98. The predicted octanol–water partition coefficient (Wildman–Crippen LogP) is 2.75. The molecule has 0 radical (unpaired) electrons. The molecule has 0 spiro atoms. The Labute approximate surface area is 173 Å². The highest BCUT2D eigenvalue weighted by Gasteiger charge is 2.41. The van der Waals surface area contributed by atoms with Crippen molar-refractivity contribution in [2.45, 2.75) is 58.5 Å². The van der Waals surface area contributed by atoms with E-state index in [1.54, 1.807) is 4.90 Å². The summed E-state index contributed by atoms with van der Waals surface area (Å²) in [6.07, 6.45) is 1.64. The van der Waals surface area contributed by atoms with Crippen molar-refractivity contribution in [1.82, 2.24) is 15.1 Å². The van der Waals surface area contributed by atoms with Crippen LogP contribution in [0.3, 0.4) is 0 Å². The summed E-state index contributed by atoms with van der Waals surface area (Å²) in [5, 5.41) is 3.10. The van der Waals surface area contributed by atoms with E-state index in [2.05, 4.69) is 5.32 Å². The Morgan fingerprint density at radius 1 is 1.07 bits per heavy atom. The summed E-state index contributed by atoms with van der Waals surface area (Å²) in [7, 11) is 0. The molecule has 2 saturated heterocycles. The molecular weight excluding hydrogens is 366 g/mol. The van der Waals surface area contributed by atoms with E-state index in [1.807, 2.05) is 62.9 Å². The summed E-state index contributed by atoms with van der Waals surface area (Å²) in [5.74, 6) is -0.156. The number of nitrogens with one attached hydrogen (secondary N) is 1. The van der Waals surface area contributed by atoms with Gasteiger partial charge in [0.1, 0.15) is 0 Å². The molecule has 6 heteroatoms. The van der Waals surface area contributed by atoms with E-state index < -0.39 is 0 Å². The van der Waals surface area contributed by atoms with Crippen LogP contribution in [0.15, 0.2) is 30.3 Å². The molecular formula is C23H33N3O3. The molecule has 1 N–H and O–H groups in total. The van der Waals surface area contributed by atoms with Crippen molar-refractivity contribution < 1.29 is 14.4 Å². The van der Waals surface area contributed by atoms with Gasteiger partial charge in [0.15, 0.2) is 0 Å². The second kappa shape index (κ2) is 8.56. The van der Waals surface area contributed by atoms with E-state index in [4.69, 9.17) is 0 Å². The molecule has 2 aliphatic heterocycles. The van der Waals surface area contributed by atoms with Crippen molar-refractivity contribution in [3.05, 3.63) is 35.9 Å². The number of benzene rings is 1. The van der Waals surface area contributed by atoms with Gasteiger partial charge in [-0.05, 0) is 46.1 Å². The summed E-state index contributed by atoms with van der Waals surface area (Å²) < 4.78 is 0. The Hall–Kier alpha value is -2.37. The van der Waals surface area contributed by atoms with Crippen molar-refractivity contribution in [3.63, 3.8) is 0 Å². The van der Waals surface area contributed by atoms with Gasteiger partial charge in [0, 0.05) is 37.5 Å². The van der Waals surface area contributed by atoms with Crippen LogP contribution in [0, 0.1) is 11.8 Å². The van der Waals surface area contributed by atoms with Gasteiger partial charge in [-0.1, -0.05) is 30.3 Å². The number of rotatable bonds is 4. The fourth-order valence-electron chi connectivity index (χ4n) is 4.30. The van der Waals surface area contributed by atoms with Crippen LogP contribution in [0.5, 0.6) is 0 Å². The van der Waals surface area contributed by atoms with E-state index >= 15 is 0 Å². The minimum atomic E-state index is -0.259. The summed E-state index contributed by atoms with van der Waals surface area (Å²) >= 11 is 0. The van der Waals surface area contributed by atoms with Gasteiger partial charge in [-0.3, -0.25) is 14.4 Å². The number of carbonyl (C=O) groups is 3. The van der Waals surface area contributed by atoms with Gasteiger partial charge in [-0.15, -0.1) is 0 Å². The standard InChI is InChI=1S/C23H33N3O3/c1-16(17-8-6-5-7-9-17)24-21(28)18-10-12-25(13-11-18)22(29)19-14-20(27)26(15-19)23(2,3)4/h5-9,16,18-19H,10-15H2,1-4H3,(H,24,28)/t16-,19-/m1/s1. The second-order valence-corrected chi connectivity index (χ2v) is 9.32. The number of hydrogen-bond donors (Lipinski definition) is 1. The van der Waals surface area contributed by atoms with Crippen LogP contribution < -0.4 is 5.32 Å². The molecule has 3 rings (SSSR count). The smallest absolute Gasteiger partial charge is 0.227 e. The fraction of sp³-hybridized carbons (Fsp3) is 0.609. The number of likely N-dealkylation sites (tertiary alicyclic amines) is 2. The molecule has 0 aliphatic carbocycles. The first-order valence-electron chi connectivity index (χ1n) is 10.6. The highest BCUT2D eigenvalue weighted by molar-refractivity contribution is 5.90. The molecule has 3 amide bonds. The molecule has 2 fully saturated rings. The number of hydrogen-bond acceptors (Lipinski definition) is 3. The minimum Gasteiger partial charge on any atom is -0.349 e. The normalized spacial score (nSPS) is 21.9. The second-order valence-electron chi connectivity index (χ2n) is 9.32. The lowest BCUT2D eigenvalue weighted by molar-refractivity contribution is -0.139. The number of amides is 3. The van der Waals surface area contributed by atoms with Crippen molar-refractivity contribution in [1.29, 1.82) is 0 Å². The van der Waals surface area contributed by atoms with Gasteiger partial charge in [0.05, 0.1) is 12.0 Å². The number of piperidine rings is 1. The predicted molar refractivity (Wildman–Crippen MR) is 112 cm³/mol. The maximum Gasteiger partial charge on any atom is 0.227 e. The summed E-state index contributed by atoms with van der Waals surface area (Å²) in [6, 6.07) is 9.89. The largest absolute Gasteiger partial charge is 0.349 e. The first-order chi connectivity index (χ1) is 13.7. The van der Waals surface area contributed by atoms with Crippen LogP contribution in [-0.4, -0.2) is 52.7 Å². The minimum absolute atomic E-state index is 0.0313. The van der Waals surface area contributed by atoms with Crippen LogP contribution in [0.2, 0.25) is 0 Å². The van der Waals surface area contributed by atoms with Gasteiger partial charge in [0.2, 0.25) is 17.7 Å². The lowest BCUT2D eigenvalue weighted by Crippen LogP contribution is -2.46. The SMILES string of the molecule is C[C@@H](NC(=O)C1CCN(C(=O)[C@@H]2CC(=O)N(C(C)(C)C)C2)CC1)c1ccccc1. The molecule has 2 heterocycles. The summed E-state index contributed by atoms with van der Waals surface area (Å²) in [4.78, 5) is 41.5. The molecule has 2 aliphatic rings. The Morgan fingerprint density at radius 3 is 2.24 bits per heavy atom. The van der Waals surface area contributed by atoms with Crippen molar-refractivity contribution in [2.24, 2.45) is 11.8 Å². The van der Waals surface area contributed by atoms with Crippen LogP contribution in [-0.2, 0) is 14.4 Å². The van der Waals surface area contributed by atoms with Gasteiger partial charge in [-0.2, -0.15) is 0 Å². The summed E-state index contributed by atoms with van der Waals surface area (Å²) in [5.41, 5.74) is 0.829. The molecule has 29 heavy (non-hydrogen) atoms. The van der Waals surface area contributed by atoms with Crippen LogP contribution >= 0.6 is 0 Å². The lowest BCUT2D eigenvalue weighted by Gasteiger charge is -2.34. The Kier molecular flexibility index (Phi) is 6.30. The van der Waals surface area contributed by atoms with E-state index in [1.165, 1.54) is 0 Å². The fourth-order valence-corrected chi connectivity index (χ4v) is 4.30. The molecule has 1 aromatic carbocycles. The maximum absolute atomic E-state index is 12.9. The molecule has 0 aromatic heterocycles. The Morgan fingerprint density at radius 2 is 1.69 bits per heavy atom. The molecule has 1 aromatic rings. The average Bonchev–Trinajstić information content (AvgIpc) is 3.10. The van der Waals surface area contributed by atoms with Crippen LogP contribution in [0.1, 0.15) is 58.6 Å². The van der Waals surface area contributed by atoms with Gasteiger partial charge in [0.25, 0.3) is 0 Å². The van der Waals surface area contributed by atoms with E-state index in [0.717, 1.165) is 5.56 Å². The number of nitrogens with zero attached hydrogens (tertiary/aromatic N) is 2. The quantitative estimate of drug-likeness (QED) is 0.846. The Balaban J connectivity index is 1.49. The van der Waals surface area contributed by atoms with Gasteiger partial charge < -0.3 is 15.1 Å². The molecule has 0 bridgehead atoms. The van der Waals surface area contributed by atoms with Gasteiger partial charge in [-0.25, -0.2) is 0 Å². The third-order valence-electron chi connectivity index (χ3n) is 6.12. The first kappa shape index (κ1) is 21.3. The molecule has 158 valence electrons. The number of carbonyl (C=O) groups excluding carboxylic acids is 3. The zero-order valence-corrected chi connectivity index (χ0v) is 18.0. The molecule has 0 unspecified atom stereocenters. The van der Waals surface area contributed by atoms with E-state index in [9.17, 15) is 14.4 Å². The zero-order valence-electron chi connectivity index (χ0n) is 18.0. The highest BCUT2D eigenvalue weighted by atomic mass is 16.2. The summed E-state index contributed by atoms with van der Waals surface area (Å²) in [6.45, 7) is 9.64. The van der Waals surface area contributed by atoms with Crippen molar-refractivity contribution in [3.8, 4) is 0 Å². The van der Waals surface area contributed by atoms with E-state index in [0.29, 0.717) is 38.9 Å². The Bertz CT molecular complexity index is 748. The van der Waals surface area contributed by atoms with Crippen LogP contribution in [0.25, 0.3) is 0 Å². The molecule has 6 nitrogen and oxygen atoms in total. The lowest BCUT2D eigenvalue weighted by atomic mass is 9.94. The van der Waals surface area contributed by atoms with Crippen molar-refractivity contribution in [2.75, 3.05) is 19.6 Å². The average molecular weight is 400 g/mol. The van der Waals surface area contributed by atoms with Gasteiger partial charge >= 0.3 is 0 Å². The maximum atomic E-state index is 12.9. The monoisotopic (exact) mass is 399 g/mol. The third-order valence-corrected chi connectivity index (χ3v) is 6.12.